The Kier molecular flexibility index (Phi) is 6.60. The Labute approximate surface area is 109 Å². The first-order valence-corrected chi connectivity index (χ1v) is 6.23. The fourth-order valence-corrected chi connectivity index (χ4v) is 1.60. The fourth-order valence-electron chi connectivity index (χ4n) is 1.60. The van der Waals surface area contributed by atoms with Crippen LogP contribution in [0.3, 0.4) is 0 Å². The monoisotopic (exact) mass is 244 g/mol. The molecular weight excluding hydrogens is 224 g/mol. The summed E-state index contributed by atoms with van der Waals surface area (Å²) in [5, 5.41) is 6.02. The lowest BCUT2D eigenvalue weighted by molar-refractivity contribution is -0.120. The van der Waals surface area contributed by atoms with Crippen molar-refractivity contribution >= 4 is 5.91 Å². The van der Waals surface area contributed by atoms with Crippen LogP contribution in [0.4, 0.5) is 0 Å². The molecule has 1 rings (SSSR count). The van der Waals surface area contributed by atoms with Crippen molar-refractivity contribution in [3.05, 3.63) is 35.9 Å². The van der Waals surface area contributed by atoms with Crippen molar-refractivity contribution in [3.63, 3.8) is 0 Å². The molecule has 1 amide bonds. The zero-order valence-electron chi connectivity index (χ0n) is 10.8. The number of carbonyl (C=O) groups excluding carboxylic acids is 1. The standard InChI is InChI=1S/C15H20N2O/c1-3-8-14(4-2)16-12-15(18)17-11-13-9-6-5-7-10-13/h1,5-7,9-10,14,16H,4,8,11-12H2,2H3,(H,17,18). The fraction of sp³-hybridized carbons (Fsp3) is 0.400. The number of rotatable bonds is 7. The maximum Gasteiger partial charge on any atom is 0.234 e. The topological polar surface area (TPSA) is 41.1 Å². The van der Waals surface area contributed by atoms with E-state index >= 15 is 0 Å². The number of hydrogen-bond donors (Lipinski definition) is 2. The van der Waals surface area contributed by atoms with Crippen molar-refractivity contribution in [2.45, 2.75) is 32.4 Å². The summed E-state index contributed by atoms with van der Waals surface area (Å²) in [5.41, 5.74) is 1.10. The average Bonchev–Trinajstić information content (AvgIpc) is 2.42. The lowest BCUT2D eigenvalue weighted by Crippen LogP contribution is -2.38. The third-order valence-corrected chi connectivity index (χ3v) is 2.74. The van der Waals surface area contributed by atoms with Crippen LogP contribution >= 0.6 is 0 Å². The highest BCUT2D eigenvalue weighted by Gasteiger charge is 2.06. The van der Waals surface area contributed by atoms with Crippen molar-refractivity contribution in [3.8, 4) is 12.3 Å². The van der Waals surface area contributed by atoms with Gasteiger partial charge in [0.15, 0.2) is 0 Å². The third kappa shape index (κ3) is 5.51. The maximum atomic E-state index is 11.6. The van der Waals surface area contributed by atoms with Gasteiger partial charge in [0, 0.05) is 19.0 Å². The van der Waals surface area contributed by atoms with Gasteiger partial charge >= 0.3 is 0 Å². The third-order valence-electron chi connectivity index (χ3n) is 2.74. The van der Waals surface area contributed by atoms with Gasteiger partial charge in [0.25, 0.3) is 0 Å². The highest BCUT2D eigenvalue weighted by molar-refractivity contribution is 5.78. The predicted octanol–water partition coefficient (Wildman–Crippen LogP) is 1.69. The van der Waals surface area contributed by atoms with Gasteiger partial charge in [-0.15, -0.1) is 12.3 Å². The van der Waals surface area contributed by atoms with E-state index in [-0.39, 0.29) is 11.9 Å². The highest BCUT2D eigenvalue weighted by Crippen LogP contribution is 1.97. The molecule has 0 radical (unpaired) electrons. The molecule has 2 N–H and O–H groups in total. The first kappa shape index (κ1) is 14.3. The van der Waals surface area contributed by atoms with Crippen LogP contribution < -0.4 is 10.6 Å². The summed E-state index contributed by atoms with van der Waals surface area (Å²) in [4.78, 5) is 11.6. The van der Waals surface area contributed by atoms with Crippen LogP contribution in [0, 0.1) is 12.3 Å². The number of hydrogen-bond acceptors (Lipinski definition) is 2. The normalized spacial score (nSPS) is 11.6. The molecular formula is C15H20N2O. The van der Waals surface area contributed by atoms with Crippen LogP contribution in [0.1, 0.15) is 25.3 Å². The van der Waals surface area contributed by atoms with E-state index in [4.69, 9.17) is 6.42 Å². The molecule has 3 heteroatoms. The van der Waals surface area contributed by atoms with Gasteiger partial charge < -0.3 is 10.6 Å². The second-order valence-corrected chi connectivity index (χ2v) is 4.16. The van der Waals surface area contributed by atoms with E-state index < -0.39 is 0 Å². The summed E-state index contributed by atoms with van der Waals surface area (Å²) >= 11 is 0. The molecule has 0 spiro atoms. The minimum atomic E-state index is -0.00526. The van der Waals surface area contributed by atoms with Gasteiger partial charge in [-0.2, -0.15) is 0 Å². The van der Waals surface area contributed by atoms with Crippen molar-refractivity contribution < 1.29 is 4.79 Å². The Bertz CT molecular complexity index is 395. The molecule has 0 aromatic heterocycles. The molecule has 0 aliphatic heterocycles. The quantitative estimate of drug-likeness (QED) is 0.717. The van der Waals surface area contributed by atoms with Crippen LogP contribution in [0.15, 0.2) is 30.3 Å². The Hall–Kier alpha value is -1.79. The molecule has 96 valence electrons. The van der Waals surface area contributed by atoms with E-state index in [0.29, 0.717) is 19.5 Å². The molecule has 0 aliphatic carbocycles. The van der Waals surface area contributed by atoms with Gasteiger partial charge in [0.05, 0.1) is 6.54 Å². The summed E-state index contributed by atoms with van der Waals surface area (Å²) in [5.74, 6) is 2.60. The molecule has 0 saturated heterocycles. The molecule has 0 fully saturated rings. The Morgan fingerprint density at radius 2 is 2.11 bits per heavy atom. The SMILES string of the molecule is C#CCC(CC)NCC(=O)NCc1ccccc1. The molecule has 1 unspecified atom stereocenters. The van der Waals surface area contributed by atoms with E-state index in [0.717, 1.165) is 12.0 Å². The largest absolute Gasteiger partial charge is 0.351 e. The predicted molar refractivity (Wildman–Crippen MR) is 73.8 cm³/mol. The molecule has 18 heavy (non-hydrogen) atoms. The summed E-state index contributed by atoms with van der Waals surface area (Å²) in [6, 6.07) is 10.1. The molecule has 0 heterocycles. The summed E-state index contributed by atoms with van der Waals surface area (Å²) < 4.78 is 0. The van der Waals surface area contributed by atoms with E-state index in [1.165, 1.54) is 0 Å². The van der Waals surface area contributed by atoms with Crippen molar-refractivity contribution in [1.82, 2.24) is 10.6 Å². The number of nitrogens with one attached hydrogen (secondary N) is 2. The minimum Gasteiger partial charge on any atom is -0.351 e. The molecule has 1 atom stereocenters. The smallest absolute Gasteiger partial charge is 0.234 e. The Morgan fingerprint density at radius 3 is 2.72 bits per heavy atom. The van der Waals surface area contributed by atoms with E-state index in [1.807, 2.05) is 30.3 Å². The highest BCUT2D eigenvalue weighted by atomic mass is 16.1. The number of carbonyl (C=O) groups is 1. The van der Waals surface area contributed by atoms with Crippen LogP contribution in [-0.4, -0.2) is 18.5 Å². The zero-order chi connectivity index (χ0) is 13.2. The van der Waals surface area contributed by atoms with Crippen LogP contribution in [0.5, 0.6) is 0 Å². The van der Waals surface area contributed by atoms with Crippen LogP contribution in [0.25, 0.3) is 0 Å². The Morgan fingerprint density at radius 1 is 1.39 bits per heavy atom. The molecule has 1 aromatic carbocycles. The second kappa shape index (κ2) is 8.32. The van der Waals surface area contributed by atoms with Crippen LogP contribution in [-0.2, 0) is 11.3 Å². The summed E-state index contributed by atoms with van der Waals surface area (Å²) in [7, 11) is 0. The average molecular weight is 244 g/mol. The van der Waals surface area contributed by atoms with Crippen molar-refractivity contribution in [1.29, 1.82) is 0 Å². The number of amides is 1. The van der Waals surface area contributed by atoms with Crippen LogP contribution in [0.2, 0.25) is 0 Å². The number of terminal acetylenes is 1. The molecule has 3 nitrogen and oxygen atoms in total. The van der Waals surface area contributed by atoms with E-state index in [9.17, 15) is 4.79 Å². The van der Waals surface area contributed by atoms with E-state index in [2.05, 4.69) is 23.5 Å². The Balaban J connectivity index is 2.24. The van der Waals surface area contributed by atoms with E-state index in [1.54, 1.807) is 0 Å². The van der Waals surface area contributed by atoms with Gasteiger partial charge in [-0.25, -0.2) is 0 Å². The van der Waals surface area contributed by atoms with Crippen molar-refractivity contribution in [2.24, 2.45) is 0 Å². The van der Waals surface area contributed by atoms with Gasteiger partial charge in [0.2, 0.25) is 5.91 Å². The maximum absolute atomic E-state index is 11.6. The minimum absolute atomic E-state index is 0.00526. The molecule has 0 aliphatic rings. The number of benzene rings is 1. The van der Waals surface area contributed by atoms with Crippen molar-refractivity contribution in [2.75, 3.05) is 6.54 Å². The van der Waals surface area contributed by atoms with Gasteiger partial charge in [-0.05, 0) is 12.0 Å². The lowest BCUT2D eigenvalue weighted by Gasteiger charge is -2.13. The summed E-state index contributed by atoms with van der Waals surface area (Å²) in [6.45, 7) is 2.93. The second-order valence-electron chi connectivity index (χ2n) is 4.16. The molecule has 0 bridgehead atoms. The van der Waals surface area contributed by atoms with Gasteiger partial charge in [-0.1, -0.05) is 37.3 Å². The first-order valence-electron chi connectivity index (χ1n) is 6.23. The lowest BCUT2D eigenvalue weighted by atomic mass is 10.1. The summed E-state index contributed by atoms with van der Waals surface area (Å²) in [6.07, 6.45) is 6.84. The van der Waals surface area contributed by atoms with Gasteiger partial charge in [0.1, 0.15) is 0 Å². The van der Waals surface area contributed by atoms with Gasteiger partial charge in [-0.3, -0.25) is 4.79 Å². The first-order chi connectivity index (χ1) is 8.76. The molecule has 0 saturated carbocycles. The molecule has 1 aromatic rings. The zero-order valence-corrected chi connectivity index (χ0v) is 10.8.